The molecule has 0 aromatic rings. The van der Waals surface area contributed by atoms with E-state index in [9.17, 15) is 4.79 Å². The molecular formula is C34H70N2O2. The number of carbonyl (C=O) groups excluding carboxylic acids is 1. The molecule has 0 aliphatic carbocycles. The first-order chi connectivity index (χ1) is 18.7. The minimum Gasteiger partial charge on any atom is -0.462 e. The van der Waals surface area contributed by atoms with Gasteiger partial charge in [-0.05, 0) is 77.5 Å². The van der Waals surface area contributed by atoms with Gasteiger partial charge in [-0.2, -0.15) is 0 Å². The Bertz CT molecular complexity index is 457. The lowest BCUT2D eigenvalue weighted by Gasteiger charge is -2.22. The van der Waals surface area contributed by atoms with E-state index in [0.717, 1.165) is 45.2 Å². The molecule has 0 aromatic carbocycles. The first-order valence-corrected chi connectivity index (χ1v) is 17.3. The molecule has 0 unspecified atom stereocenters. The summed E-state index contributed by atoms with van der Waals surface area (Å²) >= 11 is 0. The normalized spacial score (nSPS) is 11.6. The van der Waals surface area contributed by atoms with Gasteiger partial charge in [-0.25, -0.2) is 0 Å². The Morgan fingerprint density at radius 3 is 1.42 bits per heavy atom. The lowest BCUT2D eigenvalue weighted by atomic mass is 10.0. The molecule has 0 bridgehead atoms. The maximum absolute atomic E-state index is 12.5. The van der Waals surface area contributed by atoms with Crippen LogP contribution in [0.15, 0.2) is 0 Å². The molecule has 0 saturated carbocycles. The average molecular weight is 539 g/mol. The van der Waals surface area contributed by atoms with Crippen molar-refractivity contribution in [2.75, 3.05) is 26.2 Å². The average Bonchev–Trinajstić information content (AvgIpc) is 2.92. The third kappa shape index (κ3) is 27.0. The van der Waals surface area contributed by atoms with Crippen LogP contribution in [0, 0.1) is 0 Å². The predicted molar refractivity (Wildman–Crippen MR) is 168 cm³/mol. The van der Waals surface area contributed by atoms with E-state index in [-0.39, 0.29) is 12.1 Å². The summed E-state index contributed by atoms with van der Waals surface area (Å²) in [5.41, 5.74) is 5.77. The van der Waals surface area contributed by atoms with Crippen molar-refractivity contribution in [3.05, 3.63) is 0 Å². The number of hydrogen-bond acceptors (Lipinski definition) is 4. The van der Waals surface area contributed by atoms with E-state index in [4.69, 9.17) is 10.5 Å². The topological polar surface area (TPSA) is 55.6 Å². The monoisotopic (exact) mass is 539 g/mol. The van der Waals surface area contributed by atoms with Crippen molar-refractivity contribution in [1.29, 1.82) is 0 Å². The molecule has 0 atom stereocenters. The van der Waals surface area contributed by atoms with Crippen LogP contribution in [0.3, 0.4) is 0 Å². The van der Waals surface area contributed by atoms with E-state index in [1.165, 1.54) is 135 Å². The molecule has 228 valence electrons. The van der Waals surface area contributed by atoms with Crippen molar-refractivity contribution in [3.8, 4) is 0 Å². The summed E-state index contributed by atoms with van der Waals surface area (Å²) < 4.78 is 5.97. The minimum absolute atomic E-state index is 0.0454. The molecule has 4 nitrogen and oxygen atoms in total. The zero-order valence-corrected chi connectivity index (χ0v) is 26.4. The van der Waals surface area contributed by atoms with Crippen molar-refractivity contribution >= 4 is 5.97 Å². The molecule has 0 rings (SSSR count). The van der Waals surface area contributed by atoms with Gasteiger partial charge in [0, 0.05) is 6.42 Å². The summed E-state index contributed by atoms with van der Waals surface area (Å²) in [6.45, 7) is 11.2. The molecule has 0 fully saturated rings. The Morgan fingerprint density at radius 1 is 0.553 bits per heavy atom. The summed E-state index contributed by atoms with van der Waals surface area (Å²) in [6, 6.07) is 0. The summed E-state index contributed by atoms with van der Waals surface area (Å²) in [5, 5.41) is 0. The predicted octanol–water partition coefficient (Wildman–Crippen LogP) is 9.97. The van der Waals surface area contributed by atoms with Gasteiger partial charge in [0.2, 0.25) is 0 Å². The van der Waals surface area contributed by atoms with E-state index in [1.54, 1.807) is 0 Å². The summed E-state index contributed by atoms with van der Waals surface area (Å²) in [6.07, 6.45) is 30.9. The number of nitrogens with two attached hydrogens (primary N) is 1. The van der Waals surface area contributed by atoms with Crippen LogP contribution in [0.2, 0.25) is 0 Å². The van der Waals surface area contributed by atoms with Gasteiger partial charge in [0.15, 0.2) is 0 Å². The third-order valence-corrected chi connectivity index (χ3v) is 7.92. The molecule has 2 N–H and O–H groups in total. The highest BCUT2D eigenvalue weighted by Gasteiger charge is 2.14. The van der Waals surface area contributed by atoms with Gasteiger partial charge in [-0.1, -0.05) is 124 Å². The second-order valence-electron chi connectivity index (χ2n) is 11.8. The van der Waals surface area contributed by atoms with Gasteiger partial charge >= 0.3 is 5.97 Å². The Morgan fingerprint density at radius 2 is 0.947 bits per heavy atom. The molecule has 4 heteroatoms. The SMILES string of the molecule is CCCCCCCCN(CCCN)CCCCCCCC(=O)OC(CCCCCCC)CCCCCCC. The van der Waals surface area contributed by atoms with Crippen LogP contribution in [0.25, 0.3) is 0 Å². The molecule has 0 saturated heterocycles. The Hall–Kier alpha value is -0.610. The fourth-order valence-corrected chi connectivity index (χ4v) is 5.36. The van der Waals surface area contributed by atoms with Gasteiger partial charge in [0.1, 0.15) is 6.10 Å². The number of carbonyl (C=O) groups is 1. The number of ether oxygens (including phenoxy) is 1. The van der Waals surface area contributed by atoms with Crippen LogP contribution < -0.4 is 5.73 Å². The Labute approximate surface area is 239 Å². The summed E-state index contributed by atoms with van der Waals surface area (Å²) in [7, 11) is 0. The standard InChI is InChI=1S/C34H70N2O2/c1-4-7-10-13-18-23-30-36(32-25-29-35)31-24-19-14-17-22-28-34(37)38-33(26-20-15-11-8-5-2)27-21-16-12-9-6-3/h33H,4-32,35H2,1-3H3. The fraction of sp³-hybridized carbons (Fsp3) is 0.971. The number of unbranched alkanes of at least 4 members (excludes halogenated alkanes) is 17. The lowest BCUT2D eigenvalue weighted by Crippen LogP contribution is -2.28. The number of esters is 1. The van der Waals surface area contributed by atoms with Crippen LogP contribution in [0.4, 0.5) is 0 Å². The summed E-state index contributed by atoms with van der Waals surface area (Å²) in [5.74, 6) is 0.0454. The molecule has 0 aliphatic heterocycles. The quantitative estimate of drug-likeness (QED) is 0.0704. The van der Waals surface area contributed by atoms with Gasteiger partial charge in [0.25, 0.3) is 0 Å². The van der Waals surface area contributed by atoms with Crippen molar-refractivity contribution in [1.82, 2.24) is 4.90 Å². The van der Waals surface area contributed by atoms with Crippen molar-refractivity contribution < 1.29 is 9.53 Å². The van der Waals surface area contributed by atoms with E-state index in [1.807, 2.05) is 0 Å². The largest absolute Gasteiger partial charge is 0.462 e. The molecule has 0 radical (unpaired) electrons. The van der Waals surface area contributed by atoms with Crippen LogP contribution in [0.5, 0.6) is 0 Å². The van der Waals surface area contributed by atoms with Crippen molar-refractivity contribution in [2.24, 2.45) is 5.73 Å². The first kappa shape index (κ1) is 37.4. The van der Waals surface area contributed by atoms with Crippen LogP contribution >= 0.6 is 0 Å². The maximum Gasteiger partial charge on any atom is 0.306 e. The molecule has 0 spiro atoms. The number of nitrogens with zero attached hydrogens (tertiary/aromatic N) is 1. The highest BCUT2D eigenvalue weighted by molar-refractivity contribution is 5.69. The molecule has 0 aromatic heterocycles. The Kier molecular flexibility index (Phi) is 30.4. The van der Waals surface area contributed by atoms with E-state index in [2.05, 4.69) is 25.7 Å². The lowest BCUT2D eigenvalue weighted by molar-refractivity contribution is -0.150. The molecule has 0 aliphatic rings. The van der Waals surface area contributed by atoms with Crippen molar-refractivity contribution in [3.63, 3.8) is 0 Å². The third-order valence-electron chi connectivity index (χ3n) is 7.92. The number of hydrogen-bond donors (Lipinski definition) is 1. The van der Waals surface area contributed by atoms with Crippen LogP contribution in [-0.4, -0.2) is 43.2 Å². The van der Waals surface area contributed by atoms with Gasteiger partial charge < -0.3 is 15.4 Å². The van der Waals surface area contributed by atoms with E-state index in [0.29, 0.717) is 6.42 Å². The molecule has 38 heavy (non-hydrogen) atoms. The second kappa shape index (κ2) is 30.9. The van der Waals surface area contributed by atoms with E-state index < -0.39 is 0 Å². The zero-order valence-electron chi connectivity index (χ0n) is 26.4. The smallest absolute Gasteiger partial charge is 0.306 e. The van der Waals surface area contributed by atoms with E-state index >= 15 is 0 Å². The maximum atomic E-state index is 12.5. The Balaban J connectivity index is 4.04. The minimum atomic E-state index is 0.0454. The number of rotatable bonds is 31. The fourth-order valence-electron chi connectivity index (χ4n) is 5.36. The highest BCUT2D eigenvalue weighted by atomic mass is 16.5. The molecular weight excluding hydrogens is 468 g/mol. The van der Waals surface area contributed by atoms with Gasteiger partial charge in [-0.15, -0.1) is 0 Å². The zero-order chi connectivity index (χ0) is 27.9. The molecule has 0 amide bonds. The van der Waals surface area contributed by atoms with Crippen LogP contribution in [-0.2, 0) is 9.53 Å². The summed E-state index contributed by atoms with van der Waals surface area (Å²) in [4.78, 5) is 15.2. The van der Waals surface area contributed by atoms with Gasteiger partial charge in [0.05, 0.1) is 0 Å². The molecule has 0 heterocycles. The van der Waals surface area contributed by atoms with Crippen molar-refractivity contribution in [2.45, 2.75) is 187 Å². The second-order valence-corrected chi connectivity index (χ2v) is 11.8. The first-order valence-electron chi connectivity index (χ1n) is 17.3. The van der Waals surface area contributed by atoms with Gasteiger partial charge in [-0.3, -0.25) is 4.79 Å². The van der Waals surface area contributed by atoms with Crippen LogP contribution in [0.1, 0.15) is 181 Å². The highest BCUT2D eigenvalue weighted by Crippen LogP contribution is 2.18.